The Bertz CT molecular complexity index is 1300. The van der Waals surface area contributed by atoms with Gasteiger partial charge in [-0.25, -0.2) is 0 Å². The zero-order chi connectivity index (χ0) is 22.5. The van der Waals surface area contributed by atoms with Crippen LogP contribution in [0.5, 0.6) is 23.0 Å². The lowest BCUT2D eigenvalue weighted by molar-refractivity contribution is -0.385. The van der Waals surface area contributed by atoms with Gasteiger partial charge in [0.2, 0.25) is 0 Å². The summed E-state index contributed by atoms with van der Waals surface area (Å²) in [5.74, 6) is 0.200. The molecule has 0 aromatic heterocycles. The van der Waals surface area contributed by atoms with E-state index in [0.29, 0.717) is 0 Å². The van der Waals surface area contributed by atoms with Crippen LogP contribution < -0.4 is 9.47 Å². The van der Waals surface area contributed by atoms with E-state index < -0.39 is 9.85 Å². The molecule has 0 saturated carbocycles. The number of ether oxygens (including phenoxy) is 2. The van der Waals surface area contributed by atoms with Crippen LogP contribution in [0, 0.1) is 42.9 Å². The lowest BCUT2D eigenvalue weighted by atomic mass is 10.2. The maximum Gasteiger partial charge on any atom is 0.271 e. The summed E-state index contributed by atoms with van der Waals surface area (Å²) in [4.78, 5) is 20.5. The van der Waals surface area contributed by atoms with E-state index in [1.807, 2.05) is 12.1 Å². The maximum absolute atomic E-state index is 10.9. The Kier molecular flexibility index (Phi) is 5.96. The summed E-state index contributed by atoms with van der Waals surface area (Å²) >= 11 is 6.02. The largest absolute Gasteiger partial charge is 0.452 e. The van der Waals surface area contributed by atoms with Gasteiger partial charge in [-0.2, -0.15) is 10.5 Å². The summed E-state index contributed by atoms with van der Waals surface area (Å²) in [5.41, 5.74) is -0.728. The van der Waals surface area contributed by atoms with Gasteiger partial charge in [0.15, 0.2) is 11.5 Å². The number of hydrogen-bond donors (Lipinski definition) is 0. The molecule has 0 spiro atoms. The van der Waals surface area contributed by atoms with Gasteiger partial charge in [-0.15, -0.1) is 0 Å². The number of nitro benzene ring substituents is 2. The second-order valence-corrected chi connectivity index (χ2v) is 6.33. The van der Waals surface area contributed by atoms with E-state index in [2.05, 4.69) is 0 Å². The van der Waals surface area contributed by atoms with Crippen molar-refractivity contribution in [3.8, 4) is 35.1 Å². The monoisotopic (exact) mass is 436 g/mol. The van der Waals surface area contributed by atoms with Crippen molar-refractivity contribution in [3.63, 3.8) is 0 Å². The minimum Gasteiger partial charge on any atom is -0.452 e. The van der Waals surface area contributed by atoms with Gasteiger partial charge in [0, 0.05) is 35.4 Å². The van der Waals surface area contributed by atoms with Gasteiger partial charge in [-0.3, -0.25) is 20.2 Å². The molecule has 0 atom stereocenters. The predicted molar refractivity (Wildman–Crippen MR) is 107 cm³/mol. The normalized spacial score (nSPS) is 9.90. The van der Waals surface area contributed by atoms with Crippen LogP contribution in [0.25, 0.3) is 0 Å². The molecular weight excluding hydrogens is 428 g/mol. The Morgan fingerprint density at radius 2 is 1.16 bits per heavy atom. The third-order valence-corrected chi connectivity index (χ3v) is 4.17. The molecule has 3 aromatic carbocycles. The zero-order valence-corrected chi connectivity index (χ0v) is 16.1. The number of benzene rings is 3. The molecule has 0 aliphatic rings. The number of halogens is 1. The molecule has 31 heavy (non-hydrogen) atoms. The topological polar surface area (TPSA) is 152 Å². The third-order valence-electron chi connectivity index (χ3n) is 3.93. The Morgan fingerprint density at radius 1 is 0.710 bits per heavy atom. The van der Waals surface area contributed by atoms with Gasteiger partial charge in [0.25, 0.3) is 11.4 Å². The van der Waals surface area contributed by atoms with Crippen LogP contribution in [0.4, 0.5) is 11.4 Å². The van der Waals surface area contributed by atoms with Crippen molar-refractivity contribution in [3.05, 3.63) is 91.0 Å². The van der Waals surface area contributed by atoms with Crippen molar-refractivity contribution in [2.75, 3.05) is 0 Å². The molecule has 10 nitrogen and oxygen atoms in total. The van der Waals surface area contributed by atoms with Gasteiger partial charge >= 0.3 is 0 Å². The Morgan fingerprint density at radius 3 is 1.61 bits per heavy atom. The van der Waals surface area contributed by atoms with E-state index >= 15 is 0 Å². The minimum atomic E-state index is -0.642. The van der Waals surface area contributed by atoms with Gasteiger partial charge in [0.1, 0.15) is 34.8 Å². The van der Waals surface area contributed by atoms with Crippen LogP contribution in [0.3, 0.4) is 0 Å². The van der Waals surface area contributed by atoms with E-state index in [0.717, 1.165) is 12.1 Å². The predicted octanol–water partition coefficient (Wildman–Crippen LogP) is 5.48. The number of non-ortho nitro benzene ring substituents is 2. The Hall–Kier alpha value is -4.67. The van der Waals surface area contributed by atoms with Crippen LogP contribution in [-0.4, -0.2) is 9.85 Å². The molecule has 0 amide bonds. The van der Waals surface area contributed by atoms with E-state index in [9.17, 15) is 30.8 Å². The number of nitro groups is 2. The standard InChI is InChI=1S/C20H9ClN4O6/c21-14-1-4-19(30-17-5-2-15(24(26)27)7-12(17)10-22)20(9-14)31-18-6-3-16(25(28)29)8-13(18)11-23/h1-9H. The Labute approximate surface area is 179 Å². The number of rotatable bonds is 6. The van der Waals surface area contributed by atoms with Crippen molar-refractivity contribution in [2.45, 2.75) is 0 Å². The van der Waals surface area contributed by atoms with E-state index in [-0.39, 0.29) is 50.5 Å². The van der Waals surface area contributed by atoms with Crippen LogP contribution in [0.2, 0.25) is 5.02 Å². The maximum atomic E-state index is 10.9. The van der Waals surface area contributed by atoms with Crippen LogP contribution >= 0.6 is 11.6 Å². The molecule has 11 heteroatoms. The molecule has 0 fully saturated rings. The SMILES string of the molecule is N#Cc1cc([N+](=O)[O-])ccc1Oc1ccc(Cl)cc1Oc1ccc([N+](=O)[O-])cc1C#N. The molecule has 0 aliphatic carbocycles. The molecule has 0 heterocycles. The third kappa shape index (κ3) is 4.67. The second kappa shape index (κ2) is 8.78. The first-order valence-electron chi connectivity index (χ1n) is 8.34. The highest BCUT2D eigenvalue weighted by molar-refractivity contribution is 6.30. The minimum absolute atomic E-state index is 0.0180. The molecule has 3 aromatic rings. The summed E-state index contributed by atoms with van der Waals surface area (Å²) < 4.78 is 11.4. The van der Waals surface area contributed by atoms with E-state index in [1.165, 1.54) is 42.5 Å². The lowest BCUT2D eigenvalue weighted by Crippen LogP contribution is -1.96. The fourth-order valence-electron chi connectivity index (χ4n) is 2.50. The average Bonchev–Trinajstić information content (AvgIpc) is 2.75. The van der Waals surface area contributed by atoms with Gasteiger partial charge in [0.05, 0.1) is 9.85 Å². The lowest BCUT2D eigenvalue weighted by Gasteiger charge is -2.14. The first kappa shape index (κ1) is 21.0. The van der Waals surface area contributed by atoms with Crippen LogP contribution in [0.15, 0.2) is 54.6 Å². The molecule has 0 bridgehead atoms. The zero-order valence-electron chi connectivity index (χ0n) is 15.3. The second-order valence-electron chi connectivity index (χ2n) is 5.89. The highest BCUT2D eigenvalue weighted by Crippen LogP contribution is 2.39. The van der Waals surface area contributed by atoms with Crippen molar-refractivity contribution in [2.24, 2.45) is 0 Å². The summed E-state index contributed by atoms with van der Waals surface area (Å²) in [6.07, 6.45) is 0. The number of hydrogen-bond acceptors (Lipinski definition) is 8. The molecule has 0 radical (unpaired) electrons. The molecule has 152 valence electrons. The van der Waals surface area contributed by atoms with Gasteiger partial charge < -0.3 is 9.47 Å². The summed E-state index contributed by atoms with van der Waals surface area (Å²) in [5, 5.41) is 40.7. The number of nitriles is 2. The fraction of sp³-hybridized carbons (Fsp3) is 0. The highest BCUT2D eigenvalue weighted by atomic mass is 35.5. The summed E-state index contributed by atoms with van der Waals surface area (Å²) in [6.45, 7) is 0. The van der Waals surface area contributed by atoms with Gasteiger partial charge in [-0.05, 0) is 24.3 Å². The fourth-order valence-corrected chi connectivity index (χ4v) is 2.66. The summed E-state index contributed by atoms with van der Waals surface area (Å²) in [7, 11) is 0. The van der Waals surface area contributed by atoms with E-state index in [4.69, 9.17) is 21.1 Å². The summed E-state index contributed by atoms with van der Waals surface area (Å²) in [6, 6.07) is 15.0. The van der Waals surface area contributed by atoms with Crippen LogP contribution in [0.1, 0.15) is 11.1 Å². The molecule has 0 N–H and O–H groups in total. The van der Waals surface area contributed by atoms with Crippen LogP contribution in [-0.2, 0) is 0 Å². The van der Waals surface area contributed by atoms with E-state index in [1.54, 1.807) is 0 Å². The molecule has 3 rings (SSSR count). The highest BCUT2D eigenvalue weighted by Gasteiger charge is 2.17. The average molecular weight is 437 g/mol. The van der Waals surface area contributed by atoms with Crippen molar-refractivity contribution in [1.29, 1.82) is 10.5 Å². The quantitative estimate of drug-likeness (QED) is 0.363. The molecule has 0 unspecified atom stereocenters. The van der Waals surface area contributed by atoms with Crippen molar-refractivity contribution in [1.82, 2.24) is 0 Å². The van der Waals surface area contributed by atoms with Crippen molar-refractivity contribution >= 4 is 23.0 Å². The molecule has 0 saturated heterocycles. The Balaban J connectivity index is 2.00. The first-order chi connectivity index (χ1) is 14.8. The van der Waals surface area contributed by atoms with Gasteiger partial charge in [-0.1, -0.05) is 11.6 Å². The smallest absolute Gasteiger partial charge is 0.271 e. The molecular formula is C20H9ClN4O6. The first-order valence-corrected chi connectivity index (χ1v) is 8.72. The number of nitrogens with zero attached hydrogens (tertiary/aromatic N) is 4. The van der Waals surface area contributed by atoms with Crippen molar-refractivity contribution < 1.29 is 19.3 Å². The molecule has 0 aliphatic heterocycles.